The first kappa shape index (κ1) is 19.9. The predicted molar refractivity (Wildman–Crippen MR) is 98.4 cm³/mol. The lowest BCUT2D eigenvalue weighted by Crippen LogP contribution is -2.36. The minimum atomic E-state index is -2.88. The molecule has 25 heavy (non-hydrogen) atoms. The van der Waals surface area contributed by atoms with Gasteiger partial charge in [0.1, 0.15) is 0 Å². The lowest BCUT2D eigenvalue weighted by molar-refractivity contribution is -0.121. The van der Waals surface area contributed by atoms with Crippen LogP contribution in [0.2, 0.25) is 0 Å². The first-order valence-corrected chi connectivity index (χ1v) is 10.7. The number of amides is 1. The van der Waals surface area contributed by atoms with Gasteiger partial charge in [0.15, 0.2) is 9.84 Å². The number of aryl methyl sites for hydroxylation is 2. The number of carbonyl (C=O) groups excluding carboxylic acids is 1. The zero-order valence-corrected chi connectivity index (χ0v) is 16.5. The molecule has 1 aliphatic rings. The molecule has 1 aliphatic heterocycles. The molecular formula is C17H30N4O3S. The molecule has 1 amide bonds. The van der Waals surface area contributed by atoms with Crippen LogP contribution in [-0.4, -0.2) is 66.7 Å². The Hall–Kier alpha value is -1.41. The first-order chi connectivity index (χ1) is 11.7. The van der Waals surface area contributed by atoms with E-state index in [1.807, 2.05) is 23.6 Å². The lowest BCUT2D eigenvalue weighted by atomic mass is 10.2. The molecule has 1 aromatic rings. The molecule has 0 unspecified atom stereocenters. The first-order valence-electron chi connectivity index (χ1n) is 8.87. The highest BCUT2D eigenvalue weighted by atomic mass is 32.2. The summed E-state index contributed by atoms with van der Waals surface area (Å²) in [5.74, 6) is 0.491. The van der Waals surface area contributed by atoms with Crippen molar-refractivity contribution >= 4 is 15.7 Å². The molecule has 1 saturated heterocycles. The fourth-order valence-corrected chi connectivity index (χ4v) is 4.94. The third-order valence-corrected chi connectivity index (χ3v) is 6.89. The van der Waals surface area contributed by atoms with Gasteiger partial charge in [-0.3, -0.25) is 9.48 Å². The van der Waals surface area contributed by atoms with Crippen molar-refractivity contribution in [2.75, 3.05) is 31.6 Å². The molecule has 0 aliphatic carbocycles. The summed E-state index contributed by atoms with van der Waals surface area (Å²) in [6.07, 6.45) is 1.90. The fraction of sp³-hybridized carbons (Fsp3) is 0.765. The van der Waals surface area contributed by atoms with E-state index in [1.165, 1.54) is 11.3 Å². The number of hydrogen-bond acceptors (Lipinski definition) is 5. The van der Waals surface area contributed by atoms with Gasteiger partial charge in [-0.1, -0.05) is 0 Å². The van der Waals surface area contributed by atoms with Gasteiger partial charge in [0.2, 0.25) is 5.91 Å². The van der Waals surface area contributed by atoms with E-state index < -0.39 is 9.84 Å². The Kier molecular flexibility index (Phi) is 6.62. The van der Waals surface area contributed by atoms with Crippen LogP contribution in [0.15, 0.2) is 0 Å². The second kappa shape index (κ2) is 8.31. The number of sulfone groups is 1. The van der Waals surface area contributed by atoms with Crippen LogP contribution >= 0.6 is 0 Å². The Balaban J connectivity index is 1.63. The normalized spacial score (nSPS) is 19.5. The summed E-state index contributed by atoms with van der Waals surface area (Å²) in [7, 11) is -0.986. The lowest BCUT2D eigenvalue weighted by Gasteiger charge is -2.22. The Bertz CT molecular complexity index is 712. The van der Waals surface area contributed by atoms with Crippen molar-refractivity contribution in [3.05, 3.63) is 17.0 Å². The van der Waals surface area contributed by atoms with Gasteiger partial charge in [-0.2, -0.15) is 5.10 Å². The maximum atomic E-state index is 11.9. The third-order valence-electron chi connectivity index (χ3n) is 5.14. The van der Waals surface area contributed by atoms with Gasteiger partial charge in [0.05, 0.1) is 17.2 Å². The number of nitrogens with one attached hydrogen (secondary N) is 1. The number of rotatable bonds is 8. The SMILES string of the molecule is Cc1nn(CCCNC(=O)CCN(C)[C@H]2CCS(=O)(=O)C2)c(C)c1C. The van der Waals surface area contributed by atoms with Gasteiger partial charge < -0.3 is 10.2 Å². The molecule has 8 heteroatoms. The van der Waals surface area contributed by atoms with Crippen molar-refractivity contribution in [2.45, 2.75) is 52.6 Å². The Morgan fingerprint density at radius 1 is 1.36 bits per heavy atom. The molecule has 1 atom stereocenters. The molecule has 0 radical (unpaired) electrons. The standard InChI is InChI=1S/C17H30N4O3S/c1-13-14(2)19-21(15(13)3)9-5-8-18-17(22)6-10-20(4)16-7-11-25(23,24)12-16/h16H,5-12H2,1-4H3,(H,18,22)/t16-/m0/s1. The molecule has 142 valence electrons. The zero-order valence-electron chi connectivity index (χ0n) is 15.7. The highest BCUT2D eigenvalue weighted by molar-refractivity contribution is 7.91. The molecule has 0 bridgehead atoms. The van der Waals surface area contributed by atoms with E-state index in [0.717, 1.165) is 18.7 Å². The maximum absolute atomic E-state index is 11.9. The molecule has 1 N–H and O–H groups in total. The number of carbonyl (C=O) groups is 1. The maximum Gasteiger partial charge on any atom is 0.221 e. The highest BCUT2D eigenvalue weighted by Gasteiger charge is 2.30. The molecule has 2 heterocycles. The van der Waals surface area contributed by atoms with E-state index >= 15 is 0 Å². The van der Waals surface area contributed by atoms with Gasteiger partial charge >= 0.3 is 0 Å². The molecular weight excluding hydrogens is 340 g/mol. The van der Waals surface area contributed by atoms with E-state index in [9.17, 15) is 13.2 Å². The van der Waals surface area contributed by atoms with E-state index in [0.29, 0.717) is 25.9 Å². The number of nitrogens with zero attached hydrogens (tertiary/aromatic N) is 3. The van der Waals surface area contributed by atoms with Crippen LogP contribution in [0.25, 0.3) is 0 Å². The van der Waals surface area contributed by atoms with Crippen molar-refractivity contribution in [1.82, 2.24) is 20.0 Å². The van der Waals surface area contributed by atoms with Crippen LogP contribution in [0.5, 0.6) is 0 Å². The average molecular weight is 371 g/mol. The quantitative estimate of drug-likeness (QED) is 0.685. The van der Waals surface area contributed by atoms with Crippen LogP contribution < -0.4 is 5.32 Å². The van der Waals surface area contributed by atoms with Gasteiger partial charge in [-0.05, 0) is 46.2 Å². The van der Waals surface area contributed by atoms with Gasteiger partial charge in [0, 0.05) is 37.8 Å². The Morgan fingerprint density at radius 2 is 2.08 bits per heavy atom. The summed E-state index contributed by atoms with van der Waals surface area (Å²) in [4.78, 5) is 13.9. The summed E-state index contributed by atoms with van der Waals surface area (Å²) in [6.45, 7) is 8.14. The number of hydrogen-bond donors (Lipinski definition) is 1. The minimum absolute atomic E-state index is 0.0113. The molecule has 0 saturated carbocycles. The average Bonchev–Trinajstić information content (AvgIpc) is 3.04. The van der Waals surface area contributed by atoms with Crippen LogP contribution in [0, 0.1) is 20.8 Å². The third kappa shape index (κ3) is 5.54. The van der Waals surface area contributed by atoms with Crippen molar-refractivity contribution in [3.8, 4) is 0 Å². The van der Waals surface area contributed by atoms with Crippen molar-refractivity contribution < 1.29 is 13.2 Å². The second-order valence-electron chi connectivity index (χ2n) is 7.01. The summed E-state index contributed by atoms with van der Waals surface area (Å²) in [6, 6.07) is 0.0482. The largest absolute Gasteiger partial charge is 0.356 e. The molecule has 1 aromatic heterocycles. The van der Waals surface area contributed by atoms with Gasteiger partial charge in [0.25, 0.3) is 0 Å². The van der Waals surface area contributed by atoms with E-state index in [4.69, 9.17) is 0 Å². The van der Waals surface area contributed by atoms with Crippen LogP contribution in [0.3, 0.4) is 0 Å². The van der Waals surface area contributed by atoms with Gasteiger partial charge in [-0.15, -0.1) is 0 Å². The van der Waals surface area contributed by atoms with Crippen LogP contribution in [0.1, 0.15) is 36.2 Å². The molecule has 7 nitrogen and oxygen atoms in total. The van der Waals surface area contributed by atoms with Crippen molar-refractivity contribution in [2.24, 2.45) is 0 Å². The smallest absolute Gasteiger partial charge is 0.221 e. The van der Waals surface area contributed by atoms with Crippen molar-refractivity contribution in [1.29, 1.82) is 0 Å². The second-order valence-corrected chi connectivity index (χ2v) is 9.24. The summed E-state index contributed by atoms with van der Waals surface area (Å²) in [5, 5.41) is 7.42. The fourth-order valence-electron chi connectivity index (χ4n) is 3.13. The summed E-state index contributed by atoms with van der Waals surface area (Å²) >= 11 is 0. The predicted octanol–water partition coefficient (Wildman–Crippen LogP) is 0.824. The topological polar surface area (TPSA) is 84.3 Å². The zero-order chi connectivity index (χ0) is 18.6. The van der Waals surface area contributed by atoms with Crippen LogP contribution in [-0.2, 0) is 21.2 Å². The minimum Gasteiger partial charge on any atom is -0.356 e. The summed E-state index contributed by atoms with van der Waals surface area (Å²) < 4.78 is 25.0. The highest BCUT2D eigenvalue weighted by Crippen LogP contribution is 2.16. The summed E-state index contributed by atoms with van der Waals surface area (Å²) in [5.41, 5.74) is 3.46. The number of aromatic nitrogens is 2. The van der Waals surface area contributed by atoms with Gasteiger partial charge in [-0.25, -0.2) is 8.42 Å². The molecule has 2 rings (SSSR count). The Labute approximate surface area is 150 Å². The Morgan fingerprint density at radius 3 is 2.64 bits per heavy atom. The van der Waals surface area contributed by atoms with E-state index in [1.54, 1.807) is 0 Å². The molecule has 0 aromatic carbocycles. The van der Waals surface area contributed by atoms with Crippen LogP contribution in [0.4, 0.5) is 0 Å². The van der Waals surface area contributed by atoms with E-state index in [2.05, 4.69) is 24.3 Å². The van der Waals surface area contributed by atoms with Crippen molar-refractivity contribution in [3.63, 3.8) is 0 Å². The molecule has 0 spiro atoms. The monoisotopic (exact) mass is 370 g/mol. The molecule has 1 fully saturated rings. The van der Waals surface area contributed by atoms with E-state index in [-0.39, 0.29) is 23.5 Å².